The van der Waals surface area contributed by atoms with Crippen LogP contribution in [0.1, 0.15) is 11.3 Å². The molecule has 0 spiro atoms. The molecule has 2 aromatic carbocycles. The summed E-state index contributed by atoms with van der Waals surface area (Å²) in [4.78, 5) is 11.6. The summed E-state index contributed by atoms with van der Waals surface area (Å²) >= 11 is 0. The van der Waals surface area contributed by atoms with Crippen molar-refractivity contribution in [2.75, 3.05) is 18.9 Å². The van der Waals surface area contributed by atoms with Gasteiger partial charge in [-0.15, -0.1) is 0 Å². The zero-order chi connectivity index (χ0) is 18.2. The van der Waals surface area contributed by atoms with Crippen molar-refractivity contribution in [3.63, 3.8) is 0 Å². The number of hydrogen-bond donors (Lipinski definition) is 1. The molecule has 3 rings (SSSR count). The lowest BCUT2D eigenvalue weighted by Crippen LogP contribution is -2.03. The third kappa shape index (κ3) is 4.49. The number of ether oxygens (including phenoxy) is 1. The zero-order valence-electron chi connectivity index (χ0n) is 14.1. The molecular formula is C19H18N6O. The molecule has 130 valence electrons. The van der Waals surface area contributed by atoms with Crippen LogP contribution in [0.4, 0.5) is 5.82 Å². The molecule has 0 aliphatic rings. The van der Waals surface area contributed by atoms with Crippen molar-refractivity contribution in [3.8, 4) is 17.0 Å². The molecule has 2 N–H and O–H groups in total. The number of hydrogen-bond acceptors (Lipinski definition) is 5. The Bertz CT molecular complexity index is 905. The molecule has 0 aliphatic heterocycles. The fourth-order valence-electron chi connectivity index (χ4n) is 2.47. The molecule has 0 fully saturated rings. The molecule has 0 atom stereocenters. The molecule has 0 saturated carbocycles. The lowest BCUT2D eigenvalue weighted by Gasteiger charge is -2.09. The Morgan fingerprint density at radius 3 is 2.58 bits per heavy atom. The maximum Gasteiger partial charge on any atom is 0.145 e. The van der Waals surface area contributed by atoms with Gasteiger partial charge in [0.15, 0.2) is 0 Å². The molecular weight excluding hydrogens is 328 g/mol. The molecule has 7 heteroatoms. The zero-order valence-corrected chi connectivity index (χ0v) is 14.1. The second-order valence-electron chi connectivity index (χ2n) is 5.58. The second-order valence-corrected chi connectivity index (χ2v) is 5.58. The van der Waals surface area contributed by atoms with Crippen LogP contribution in [0.15, 0.2) is 65.9 Å². The van der Waals surface area contributed by atoms with E-state index in [0.29, 0.717) is 31.1 Å². The van der Waals surface area contributed by atoms with Gasteiger partial charge in [-0.3, -0.25) is 0 Å². The smallest absolute Gasteiger partial charge is 0.145 e. The molecule has 0 amide bonds. The fraction of sp³-hybridized carbons (Fsp3) is 0.158. The van der Waals surface area contributed by atoms with Gasteiger partial charge >= 0.3 is 0 Å². The first-order valence-electron chi connectivity index (χ1n) is 8.15. The van der Waals surface area contributed by atoms with E-state index in [2.05, 4.69) is 20.0 Å². The Kier molecular flexibility index (Phi) is 5.65. The number of nitrogen functional groups attached to an aromatic ring is 1. The number of rotatable bonds is 7. The number of nitrogens with zero attached hydrogens (tertiary/aromatic N) is 5. The number of anilines is 1. The summed E-state index contributed by atoms with van der Waals surface area (Å²) in [6.07, 6.45) is 2.30. The molecule has 1 heterocycles. The summed E-state index contributed by atoms with van der Waals surface area (Å²) in [5.74, 6) is 1.14. The van der Waals surface area contributed by atoms with E-state index < -0.39 is 0 Å². The van der Waals surface area contributed by atoms with E-state index >= 15 is 0 Å². The van der Waals surface area contributed by atoms with E-state index in [0.717, 1.165) is 22.5 Å². The Morgan fingerprint density at radius 1 is 1.08 bits per heavy atom. The minimum Gasteiger partial charge on any atom is -0.493 e. The van der Waals surface area contributed by atoms with Crippen LogP contribution in [-0.4, -0.2) is 23.1 Å². The largest absolute Gasteiger partial charge is 0.493 e. The van der Waals surface area contributed by atoms with Crippen LogP contribution in [0.3, 0.4) is 0 Å². The van der Waals surface area contributed by atoms with Gasteiger partial charge in [-0.25, -0.2) is 9.97 Å². The lowest BCUT2D eigenvalue weighted by molar-refractivity contribution is 0.328. The number of aromatic nitrogens is 2. The highest BCUT2D eigenvalue weighted by Gasteiger charge is 2.08. The maximum atomic E-state index is 8.24. The van der Waals surface area contributed by atoms with Gasteiger partial charge in [0, 0.05) is 16.9 Å². The van der Waals surface area contributed by atoms with Gasteiger partial charge in [-0.2, -0.15) is 0 Å². The van der Waals surface area contributed by atoms with E-state index in [9.17, 15) is 0 Å². The molecule has 0 radical (unpaired) electrons. The molecule has 0 bridgehead atoms. The monoisotopic (exact) mass is 346 g/mol. The Labute approximate surface area is 151 Å². The summed E-state index contributed by atoms with van der Waals surface area (Å²) in [7, 11) is 0. The predicted octanol–water partition coefficient (Wildman–Crippen LogP) is 4.01. The third-order valence-corrected chi connectivity index (χ3v) is 3.76. The molecule has 0 unspecified atom stereocenters. The molecule has 1 aromatic heterocycles. The average molecular weight is 346 g/mol. The van der Waals surface area contributed by atoms with Crippen LogP contribution in [0.2, 0.25) is 0 Å². The highest BCUT2D eigenvalue weighted by atomic mass is 16.5. The lowest BCUT2D eigenvalue weighted by atomic mass is 10.1. The molecule has 0 saturated heterocycles. The molecule has 7 nitrogen and oxygen atoms in total. The average Bonchev–Trinajstić information content (AvgIpc) is 2.68. The Hall–Kier alpha value is -3.57. The quantitative estimate of drug-likeness (QED) is 0.301. The Morgan fingerprint density at radius 2 is 1.85 bits per heavy atom. The predicted molar refractivity (Wildman–Crippen MR) is 101 cm³/mol. The van der Waals surface area contributed by atoms with Crippen molar-refractivity contribution in [2.45, 2.75) is 6.42 Å². The Balaban J connectivity index is 1.74. The van der Waals surface area contributed by atoms with Crippen LogP contribution < -0.4 is 10.5 Å². The van der Waals surface area contributed by atoms with E-state index in [1.165, 1.54) is 0 Å². The second kappa shape index (κ2) is 8.50. The van der Waals surface area contributed by atoms with Crippen molar-refractivity contribution in [3.05, 3.63) is 82.5 Å². The maximum absolute atomic E-state index is 8.24. The van der Waals surface area contributed by atoms with Crippen molar-refractivity contribution in [1.82, 2.24) is 9.97 Å². The SMILES string of the molecule is [N-]=[N+]=NCCOc1ccc(-c2cnc(N)c(Cc3ccccc3)n2)cc1. The molecule has 3 aromatic rings. The van der Waals surface area contributed by atoms with Crippen LogP contribution >= 0.6 is 0 Å². The van der Waals surface area contributed by atoms with Gasteiger partial charge in [0.1, 0.15) is 11.6 Å². The van der Waals surface area contributed by atoms with Gasteiger partial charge < -0.3 is 10.5 Å². The minimum absolute atomic E-state index is 0.296. The van der Waals surface area contributed by atoms with Crippen molar-refractivity contribution >= 4 is 5.82 Å². The van der Waals surface area contributed by atoms with E-state index in [1.54, 1.807) is 6.20 Å². The molecule has 0 aliphatic carbocycles. The highest BCUT2D eigenvalue weighted by molar-refractivity contribution is 5.60. The highest BCUT2D eigenvalue weighted by Crippen LogP contribution is 2.22. The first-order chi connectivity index (χ1) is 12.8. The summed E-state index contributed by atoms with van der Waals surface area (Å²) in [6, 6.07) is 17.6. The molecule has 26 heavy (non-hydrogen) atoms. The normalized spacial score (nSPS) is 10.2. The van der Waals surface area contributed by atoms with Gasteiger partial charge in [-0.1, -0.05) is 35.4 Å². The first kappa shape index (κ1) is 17.3. The van der Waals surface area contributed by atoms with Crippen LogP contribution in [0.25, 0.3) is 21.7 Å². The number of nitrogens with two attached hydrogens (primary N) is 1. The van der Waals surface area contributed by atoms with Crippen LogP contribution in [0, 0.1) is 0 Å². The van der Waals surface area contributed by atoms with Crippen molar-refractivity contribution in [2.24, 2.45) is 5.11 Å². The number of azide groups is 1. The van der Waals surface area contributed by atoms with Crippen LogP contribution in [0.5, 0.6) is 5.75 Å². The minimum atomic E-state index is 0.296. The van der Waals surface area contributed by atoms with E-state index in [1.807, 2.05) is 54.6 Å². The third-order valence-electron chi connectivity index (χ3n) is 3.76. The first-order valence-corrected chi connectivity index (χ1v) is 8.15. The fourth-order valence-corrected chi connectivity index (χ4v) is 2.47. The van der Waals surface area contributed by atoms with Gasteiger partial charge in [0.25, 0.3) is 0 Å². The van der Waals surface area contributed by atoms with E-state index in [-0.39, 0.29) is 0 Å². The summed E-state index contributed by atoms with van der Waals surface area (Å²) in [5.41, 5.74) is 17.8. The van der Waals surface area contributed by atoms with Gasteiger partial charge in [-0.05, 0) is 35.4 Å². The van der Waals surface area contributed by atoms with Crippen LogP contribution in [-0.2, 0) is 6.42 Å². The summed E-state index contributed by atoms with van der Waals surface area (Å²) in [6.45, 7) is 0.636. The summed E-state index contributed by atoms with van der Waals surface area (Å²) in [5, 5.41) is 3.43. The van der Waals surface area contributed by atoms with Gasteiger partial charge in [0.05, 0.1) is 30.7 Å². The van der Waals surface area contributed by atoms with E-state index in [4.69, 9.17) is 16.0 Å². The number of benzene rings is 2. The van der Waals surface area contributed by atoms with Crippen molar-refractivity contribution in [1.29, 1.82) is 0 Å². The standard InChI is InChI=1S/C19H18N6O/c20-19-17(12-14-4-2-1-3-5-14)24-18(13-22-19)15-6-8-16(9-7-15)26-11-10-23-25-21/h1-9,13H,10-12H2,(H2,20,22). The van der Waals surface area contributed by atoms with Gasteiger partial charge in [0.2, 0.25) is 0 Å². The topological polar surface area (TPSA) is 110 Å². The summed E-state index contributed by atoms with van der Waals surface area (Å²) < 4.78 is 5.50. The van der Waals surface area contributed by atoms with Crippen molar-refractivity contribution < 1.29 is 4.74 Å².